The SMILES string of the molecule is CCC[I-]CCNC. The second kappa shape index (κ2) is 7.69. The van der Waals surface area contributed by atoms with Crippen molar-refractivity contribution in [1.29, 1.82) is 0 Å². The average molecular weight is 228 g/mol. The summed E-state index contributed by atoms with van der Waals surface area (Å²) in [5, 5.41) is 3.15. The fraction of sp³-hybridized carbons (Fsp3) is 1.00. The Kier molecular flexibility index (Phi) is 8.35. The number of alkyl halides is 2. The van der Waals surface area contributed by atoms with Crippen LogP contribution < -0.4 is 26.5 Å². The Morgan fingerprint density at radius 1 is 1.38 bits per heavy atom. The summed E-state index contributed by atoms with van der Waals surface area (Å²) >= 11 is 0.556. The molecule has 52 valence electrons. The van der Waals surface area contributed by atoms with Gasteiger partial charge in [0.25, 0.3) is 0 Å². The van der Waals surface area contributed by atoms with Gasteiger partial charge in [0, 0.05) is 0 Å². The van der Waals surface area contributed by atoms with E-state index in [0.29, 0.717) is 21.2 Å². The summed E-state index contributed by atoms with van der Waals surface area (Å²) in [4.78, 5) is 0. The molecule has 0 aromatic carbocycles. The van der Waals surface area contributed by atoms with Crippen molar-refractivity contribution in [3.63, 3.8) is 0 Å². The van der Waals surface area contributed by atoms with Crippen LogP contribution in [0.2, 0.25) is 0 Å². The summed E-state index contributed by atoms with van der Waals surface area (Å²) in [6.45, 7) is 3.49. The minimum absolute atomic E-state index is 0.556. The molecule has 1 nitrogen and oxygen atoms in total. The van der Waals surface area contributed by atoms with Gasteiger partial charge in [0.05, 0.1) is 0 Å². The number of hydrogen-bond donors (Lipinski definition) is 1. The molecule has 0 bridgehead atoms. The van der Waals surface area contributed by atoms with Crippen LogP contribution in [0.5, 0.6) is 0 Å². The molecular formula is C6H15IN-. The standard InChI is InChI=1S/C6H15IN/c1-3-4-7-5-6-8-2/h8H,3-6H2,1-2H3/q-1. The van der Waals surface area contributed by atoms with Crippen LogP contribution in [-0.2, 0) is 0 Å². The van der Waals surface area contributed by atoms with Crippen LogP contribution in [0.4, 0.5) is 0 Å². The molecular weight excluding hydrogens is 213 g/mol. The summed E-state index contributed by atoms with van der Waals surface area (Å²) in [5.41, 5.74) is 0. The molecule has 8 heavy (non-hydrogen) atoms. The van der Waals surface area contributed by atoms with Gasteiger partial charge in [-0.3, -0.25) is 0 Å². The Labute approximate surface area is 62.5 Å². The van der Waals surface area contributed by atoms with Gasteiger partial charge in [0.15, 0.2) is 0 Å². The van der Waals surface area contributed by atoms with Crippen LogP contribution in [0.3, 0.4) is 0 Å². The van der Waals surface area contributed by atoms with E-state index in [1.807, 2.05) is 7.05 Å². The van der Waals surface area contributed by atoms with E-state index in [1.54, 1.807) is 0 Å². The second-order valence-electron chi connectivity index (χ2n) is 1.67. The predicted octanol–water partition coefficient (Wildman–Crippen LogP) is -2.30. The van der Waals surface area contributed by atoms with Gasteiger partial charge in [0.1, 0.15) is 0 Å². The molecule has 1 N–H and O–H groups in total. The third-order valence-electron chi connectivity index (χ3n) is 0.801. The molecule has 0 spiro atoms. The van der Waals surface area contributed by atoms with Gasteiger partial charge in [-0.15, -0.1) is 0 Å². The Morgan fingerprint density at radius 2 is 2.12 bits per heavy atom. The first kappa shape index (κ1) is 8.69. The zero-order chi connectivity index (χ0) is 6.24. The quantitative estimate of drug-likeness (QED) is 0.317. The first-order chi connectivity index (χ1) is 3.91. The summed E-state index contributed by atoms with van der Waals surface area (Å²) < 4.78 is 2.95. The van der Waals surface area contributed by atoms with Crippen molar-refractivity contribution in [2.24, 2.45) is 0 Å². The van der Waals surface area contributed by atoms with E-state index in [4.69, 9.17) is 0 Å². The van der Waals surface area contributed by atoms with Gasteiger partial charge in [-0.2, -0.15) is 0 Å². The van der Waals surface area contributed by atoms with Gasteiger partial charge >= 0.3 is 62.3 Å². The third kappa shape index (κ3) is 6.69. The summed E-state index contributed by atoms with van der Waals surface area (Å²) in [6.07, 6.45) is 1.39. The Bertz CT molecular complexity index is 33.5. The van der Waals surface area contributed by atoms with E-state index in [0.717, 1.165) is 0 Å². The molecule has 0 saturated carbocycles. The molecule has 0 radical (unpaired) electrons. The molecule has 0 heterocycles. The van der Waals surface area contributed by atoms with E-state index in [9.17, 15) is 0 Å². The monoisotopic (exact) mass is 228 g/mol. The van der Waals surface area contributed by atoms with Crippen LogP contribution in [0.15, 0.2) is 0 Å². The zero-order valence-corrected chi connectivity index (χ0v) is 7.86. The van der Waals surface area contributed by atoms with Gasteiger partial charge in [-0.25, -0.2) is 0 Å². The summed E-state index contributed by atoms with van der Waals surface area (Å²) in [5.74, 6) is 0. The molecule has 2 heteroatoms. The maximum absolute atomic E-state index is 3.15. The number of halogens is 1. The molecule has 0 amide bonds. The molecule has 0 aliphatic rings. The Hall–Kier alpha value is 0.690. The van der Waals surface area contributed by atoms with Crippen molar-refractivity contribution in [2.75, 3.05) is 22.4 Å². The molecule has 0 atom stereocenters. The molecule has 0 unspecified atom stereocenters. The van der Waals surface area contributed by atoms with E-state index < -0.39 is 0 Å². The van der Waals surface area contributed by atoms with Gasteiger partial charge in [0.2, 0.25) is 0 Å². The van der Waals surface area contributed by atoms with Crippen LogP contribution in [0.1, 0.15) is 13.3 Å². The molecule has 0 saturated heterocycles. The minimum atomic E-state index is 0.556. The fourth-order valence-electron chi connectivity index (χ4n) is 0.389. The van der Waals surface area contributed by atoms with Gasteiger partial charge in [-0.1, -0.05) is 0 Å². The number of nitrogens with one attached hydrogen (secondary N) is 1. The van der Waals surface area contributed by atoms with E-state index >= 15 is 0 Å². The molecule has 0 aromatic heterocycles. The second-order valence-corrected chi connectivity index (χ2v) is 4.91. The normalized spacial score (nSPS) is 10.2. The van der Waals surface area contributed by atoms with E-state index in [2.05, 4.69) is 12.2 Å². The molecule has 0 rings (SSSR count). The first-order valence-electron chi connectivity index (χ1n) is 3.10. The van der Waals surface area contributed by atoms with Crippen molar-refractivity contribution < 1.29 is 21.2 Å². The molecule has 0 aliphatic heterocycles. The van der Waals surface area contributed by atoms with Crippen molar-refractivity contribution in [3.8, 4) is 0 Å². The molecule has 0 fully saturated rings. The van der Waals surface area contributed by atoms with Crippen molar-refractivity contribution >= 4 is 0 Å². The Balaban J connectivity index is 2.53. The van der Waals surface area contributed by atoms with Crippen molar-refractivity contribution in [3.05, 3.63) is 0 Å². The van der Waals surface area contributed by atoms with Gasteiger partial charge < -0.3 is 0 Å². The summed E-state index contributed by atoms with van der Waals surface area (Å²) in [7, 11) is 2.02. The maximum atomic E-state index is 3.15. The topological polar surface area (TPSA) is 12.0 Å². The van der Waals surface area contributed by atoms with Crippen molar-refractivity contribution in [2.45, 2.75) is 13.3 Å². The van der Waals surface area contributed by atoms with E-state index in [1.165, 1.54) is 21.8 Å². The molecule has 0 aliphatic carbocycles. The molecule has 0 aromatic rings. The average Bonchev–Trinajstić information content (AvgIpc) is 1.81. The predicted molar refractivity (Wildman–Crippen MR) is 34.0 cm³/mol. The zero-order valence-electron chi connectivity index (χ0n) is 5.71. The number of rotatable bonds is 5. The van der Waals surface area contributed by atoms with Gasteiger partial charge in [-0.05, 0) is 0 Å². The first-order valence-corrected chi connectivity index (χ1v) is 6.15. The van der Waals surface area contributed by atoms with Crippen LogP contribution in [0, 0.1) is 0 Å². The van der Waals surface area contributed by atoms with Crippen LogP contribution in [-0.4, -0.2) is 22.4 Å². The van der Waals surface area contributed by atoms with E-state index in [-0.39, 0.29) is 0 Å². The Morgan fingerprint density at radius 3 is 2.62 bits per heavy atom. The van der Waals surface area contributed by atoms with Crippen LogP contribution >= 0.6 is 0 Å². The van der Waals surface area contributed by atoms with Crippen molar-refractivity contribution in [1.82, 2.24) is 5.32 Å². The summed E-state index contributed by atoms with van der Waals surface area (Å²) in [6, 6.07) is 0. The third-order valence-corrected chi connectivity index (χ3v) is 3.94. The van der Waals surface area contributed by atoms with Crippen LogP contribution in [0.25, 0.3) is 0 Å². The fourth-order valence-corrected chi connectivity index (χ4v) is 2.61. The number of hydrogen-bond acceptors (Lipinski definition) is 1.